The van der Waals surface area contributed by atoms with E-state index in [1.807, 2.05) is 64.1 Å². The van der Waals surface area contributed by atoms with Crippen molar-refractivity contribution in [1.29, 1.82) is 0 Å². The molecular weight excluding hydrogens is 546 g/mol. The molecule has 7 nitrogen and oxygen atoms in total. The van der Waals surface area contributed by atoms with E-state index in [9.17, 15) is 18.0 Å². The van der Waals surface area contributed by atoms with Gasteiger partial charge in [0.05, 0.1) is 10.6 Å². The summed E-state index contributed by atoms with van der Waals surface area (Å²) in [6, 6.07) is 21.1. The summed E-state index contributed by atoms with van der Waals surface area (Å²) in [5.41, 5.74) is 4.14. The second-order valence-corrected chi connectivity index (χ2v) is 13.0. The van der Waals surface area contributed by atoms with Crippen LogP contribution in [0.25, 0.3) is 0 Å². The first kappa shape index (κ1) is 31.3. The molecular formula is C34H43N3O4S. The number of amides is 2. The van der Waals surface area contributed by atoms with Crippen LogP contribution in [0.3, 0.4) is 0 Å². The molecule has 42 heavy (non-hydrogen) atoms. The number of hydrogen-bond donors (Lipinski definition) is 1. The molecule has 8 heteroatoms. The monoisotopic (exact) mass is 589 g/mol. The summed E-state index contributed by atoms with van der Waals surface area (Å²) < 4.78 is 29.5. The maximum atomic E-state index is 14.4. The first-order valence-electron chi connectivity index (χ1n) is 15.0. The van der Waals surface area contributed by atoms with Gasteiger partial charge in [0.2, 0.25) is 11.8 Å². The summed E-state index contributed by atoms with van der Waals surface area (Å²) in [7, 11) is -4.10. The lowest BCUT2D eigenvalue weighted by Gasteiger charge is -2.34. The molecule has 0 radical (unpaired) electrons. The molecule has 1 N–H and O–H groups in total. The molecule has 1 aliphatic rings. The molecule has 1 atom stereocenters. The van der Waals surface area contributed by atoms with Crippen molar-refractivity contribution in [1.82, 2.24) is 10.2 Å². The van der Waals surface area contributed by atoms with Crippen molar-refractivity contribution in [2.45, 2.75) is 89.7 Å². The number of sulfonamides is 1. The maximum absolute atomic E-state index is 14.4. The molecule has 0 unspecified atom stereocenters. The molecule has 0 heterocycles. The highest BCUT2D eigenvalue weighted by atomic mass is 32.2. The SMILES string of the molecule is CCc1ccccc1N(CC(=O)N(Cc1ccccc1C)[C@@H](CC)C(=O)NC1CCCC1)S(=O)(=O)c1ccc(C)cc1. The highest BCUT2D eigenvalue weighted by Crippen LogP contribution is 2.29. The lowest BCUT2D eigenvalue weighted by atomic mass is 10.1. The smallest absolute Gasteiger partial charge is 0.264 e. The molecule has 224 valence electrons. The Labute approximate surface area is 251 Å². The average molecular weight is 590 g/mol. The van der Waals surface area contributed by atoms with Gasteiger partial charge in [0.15, 0.2) is 0 Å². The minimum atomic E-state index is -4.10. The molecule has 0 saturated heterocycles. The quantitative estimate of drug-likeness (QED) is 0.284. The summed E-state index contributed by atoms with van der Waals surface area (Å²) in [5.74, 6) is -0.610. The molecule has 2 amide bonds. The standard InChI is InChI=1S/C34H43N3O4S/c1-5-27-14-9-12-18-32(27)37(42(40,41)30-21-19-25(3)20-22-30)24-33(38)36(23-28-15-8-7-13-26(28)4)31(6-2)34(39)35-29-16-10-11-17-29/h7-9,12-15,18-22,29,31H,5-6,10-11,16-17,23-24H2,1-4H3,(H,35,39)/t31-/m0/s1. The maximum Gasteiger partial charge on any atom is 0.264 e. The number of carbonyl (C=O) groups is 2. The Morgan fingerprint density at radius 2 is 1.50 bits per heavy atom. The first-order chi connectivity index (χ1) is 20.1. The van der Waals surface area contributed by atoms with Crippen LogP contribution in [0.2, 0.25) is 0 Å². The van der Waals surface area contributed by atoms with Crippen molar-refractivity contribution >= 4 is 27.5 Å². The Bertz CT molecular complexity index is 1480. The van der Waals surface area contributed by atoms with Crippen LogP contribution >= 0.6 is 0 Å². The van der Waals surface area contributed by atoms with Gasteiger partial charge >= 0.3 is 0 Å². The van der Waals surface area contributed by atoms with Crippen molar-refractivity contribution in [3.8, 4) is 0 Å². The van der Waals surface area contributed by atoms with Crippen molar-refractivity contribution in [3.05, 3.63) is 95.1 Å². The third-order valence-electron chi connectivity index (χ3n) is 8.22. The summed E-state index contributed by atoms with van der Waals surface area (Å²) in [5, 5.41) is 3.17. The lowest BCUT2D eigenvalue weighted by molar-refractivity contribution is -0.140. The number of rotatable bonds is 12. The molecule has 0 spiro atoms. The normalized spacial score (nSPS) is 14.4. The van der Waals surface area contributed by atoms with Crippen molar-refractivity contribution < 1.29 is 18.0 Å². The molecule has 1 saturated carbocycles. The van der Waals surface area contributed by atoms with Gasteiger partial charge in [-0.05, 0) is 74.4 Å². The molecule has 0 aromatic heterocycles. The fourth-order valence-corrected chi connectivity index (χ4v) is 7.11. The molecule has 1 aliphatic carbocycles. The summed E-state index contributed by atoms with van der Waals surface area (Å²) in [4.78, 5) is 29.7. The van der Waals surface area contributed by atoms with Gasteiger partial charge in [0.25, 0.3) is 10.0 Å². The largest absolute Gasteiger partial charge is 0.352 e. The first-order valence-corrected chi connectivity index (χ1v) is 16.4. The summed E-state index contributed by atoms with van der Waals surface area (Å²) in [6.07, 6.45) is 5.03. The van der Waals surface area contributed by atoms with E-state index < -0.39 is 28.5 Å². The molecule has 3 aromatic rings. The van der Waals surface area contributed by atoms with Crippen molar-refractivity contribution in [3.63, 3.8) is 0 Å². The minimum absolute atomic E-state index is 0.108. The molecule has 1 fully saturated rings. The zero-order valence-electron chi connectivity index (χ0n) is 25.2. The predicted octanol–water partition coefficient (Wildman–Crippen LogP) is 5.93. The number of benzene rings is 3. The summed E-state index contributed by atoms with van der Waals surface area (Å²) in [6.45, 7) is 7.51. The summed E-state index contributed by atoms with van der Waals surface area (Å²) >= 11 is 0. The number of nitrogens with zero attached hydrogens (tertiary/aromatic N) is 2. The zero-order valence-corrected chi connectivity index (χ0v) is 26.0. The van der Waals surface area contributed by atoms with Gasteiger partial charge in [0.1, 0.15) is 12.6 Å². The van der Waals surface area contributed by atoms with Crippen LogP contribution in [0.1, 0.15) is 68.2 Å². The van der Waals surface area contributed by atoms with Crippen molar-refractivity contribution in [2.75, 3.05) is 10.8 Å². The van der Waals surface area contributed by atoms with E-state index in [4.69, 9.17) is 0 Å². The highest BCUT2D eigenvalue weighted by molar-refractivity contribution is 7.92. The van der Waals surface area contributed by atoms with Crippen LogP contribution in [-0.2, 0) is 32.6 Å². The topological polar surface area (TPSA) is 86.8 Å². The van der Waals surface area contributed by atoms with Gasteiger partial charge in [-0.2, -0.15) is 0 Å². The molecule has 0 aliphatic heterocycles. The predicted molar refractivity (Wildman–Crippen MR) is 168 cm³/mol. The van der Waals surface area contributed by atoms with Crippen LogP contribution in [0, 0.1) is 13.8 Å². The van der Waals surface area contributed by atoms with Gasteiger partial charge < -0.3 is 10.2 Å². The van der Waals surface area contributed by atoms with E-state index in [1.54, 1.807) is 41.3 Å². The van der Waals surface area contributed by atoms with E-state index >= 15 is 0 Å². The van der Waals surface area contributed by atoms with Crippen LogP contribution < -0.4 is 9.62 Å². The number of para-hydroxylation sites is 1. The fraction of sp³-hybridized carbons (Fsp3) is 0.412. The Balaban J connectivity index is 1.75. The van der Waals surface area contributed by atoms with Gasteiger partial charge in [0, 0.05) is 12.6 Å². The van der Waals surface area contributed by atoms with E-state index in [2.05, 4.69) is 5.32 Å². The second kappa shape index (κ2) is 14.0. The third-order valence-corrected chi connectivity index (χ3v) is 9.99. The van der Waals surface area contributed by atoms with Gasteiger partial charge in [-0.15, -0.1) is 0 Å². The van der Waals surface area contributed by atoms with E-state index in [0.717, 1.165) is 47.9 Å². The molecule has 4 rings (SSSR count). The lowest BCUT2D eigenvalue weighted by Crippen LogP contribution is -2.53. The molecule has 0 bridgehead atoms. The Hall–Kier alpha value is -3.65. The Morgan fingerprint density at radius 3 is 2.12 bits per heavy atom. The number of anilines is 1. The molecule has 3 aromatic carbocycles. The number of carbonyl (C=O) groups excluding carboxylic acids is 2. The number of hydrogen-bond acceptors (Lipinski definition) is 4. The minimum Gasteiger partial charge on any atom is -0.352 e. The van der Waals surface area contributed by atoms with Gasteiger partial charge in [-0.3, -0.25) is 13.9 Å². The second-order valence-electron chi connectivity index (χ2n) is 11.2. The van der Waals surface area contributed by atoms with E-state index in [-0.39, 0.29) is 23.4 Å². The van der Waals surface area contributed by atoms with Gasteiger partial charge in [-0.25, -0.2) is 8.42 Å². The average Bonchev–Trinajstić information content (AvgIpc) is 3.49. The van der Waals surface area contributed by atoms with Crippen LogP contribution in [0.4, 0.5) is 5.69 Å². The Kier molecular flexibility index (Phi) is 10.4. The van der Waals surface area contributed by atoms with Crippen molar-refractivity contribution in [2.24, 2.45) is 0 Å². The highest BCUT2D eigenvalue weighted by Gasteiger charge is 2.35. The number of nitrogens with one attached hydrogen (secondary N) is 1. The fourth-order valence-electron chi connectivity index (χ4n) is 5.66. The van der Waals surface area contributed by atoms with E-state index in [1.165, 1.54) is 4.31 Å². The van der Waals surface area contributed by atoms with Gasteiger partial charge in [-0.1, -0.05) is 86.8 Å². The number of aryl methyl sites for hydroxylation is 3. The van der Waals surface area contributed by atoms with Crippen LogP contribution in [0.5, 0.6) is 0 Å². The van der Waals surface area contributed by atoms with Crippen LogP contribution in [-0.4, -0.2) is 43.8 Å². The van der Waals surface area contributed by atoms with Crippen LogP contribution in [0.15, 0.2) is 77.7 Å². The zero-order chi connectivity index (χ0) is 30.3. The third kappa shape index (κ3) is 7.21. The van der Waals surface area contributed by atoms with E-state index in [0.29, 0.717) is 18.5 Å². The Morgan fingerprint density at radius 1 is 0.881 bits per heavy atom.